The predicted molar refractivity (Wildman–Crippen MR) is 253 cm³/mol. The van der Waals surface area contributed by atoms with Gasteiger partial charge in [0, 0.05) is 6.42 Å². The normalized spacial score (nSPS) is 14.2. The molecule has 0 aliphatic rings. The van der Waals surface area contributed by atoms with Crippen molar-refractivity contribution >= 4 is 16.0 Å². The lowest BCUT2D eigenvalue weighted by atomic mass is 10.0. The van der Waals surface area contributed by atoms with E-state index in [0.717, 1.165) is 57.8 Å². The van der Waals surface area contributed by atoms with Crippen molar-refractivity contribution in [1.82, 2.24) is 5.32 Å². The molecule has 0 aliphatic carbocycles. The summed E-state index contributed by atoms with van der Waals surface area (Å²) in [4.78, 5) is 12.5. The van der Waals surface area contributed by atoms with E-state index in [1.165, 1.54) is 96.0 Å². The molecule has 0 aliphatic heterocycles. The Morgan fingerprint density at radius 1 is 0.483 bits per heavy atom. The Morgan fingerprint density at radius 3 is 1.29 bits per heavy atom. The highest BCUT2D eigenvalue weighted by atomic mass is 32.2. The van der Waals surface area contributed by atoms with Crippen LogP contribution in [0.1, 0.15) is 187 Å². The molecule has 7 heteroatoms. The summed E-state index contributed by atoms with van der Waals surface area (Å²) in [6.45, 7) is 4.42. The maximum atomic E-state index is 12.5. The highest BCUT2D eigenvalue weighted by molar-refractivity contribution is 7.85. The van der Waals surface area contributed by atoms with Gasteiger partial charge in [-0.05, 0) is 83.5 Å². The van der Waals surface area contributed by atoms with Crippen LogP contribution in [0.3, 0.4) is 0 Å². The molecule has 330 valence electrons. The van der Waals surface area contributed by atoms with Crippen molar-refractivity contribution in [3.05, 3.63) is 109 Å². The summed E-state index contributed by atoms with van der Waals surface area (Å²) in [6.07, 6.45) is 66.6. The molecular formula is C51H85NO5S. The molecule has 3 N–H and O–H groups in total. The molecule has 0 heterocycles. The first-order chi connectivity index (χ1) is 28.3. The zero-order valence-corrected chi connectivity index (χ0v) is 37.7. The van der Waals surface area contributed by atoms with Crippen molar-refractivity contribution in [2.45, 2.75) is 199 Å². The van der Waals surface area contributed by atoms with Crippen molar-refractivity contribution in [3.63, 3.8) is 0 Å². The van der Waals surface area contributed by atoms with Gasteiger partial charge in [0.2, 0.25) is 5.91 Å². The van der Waals surface area contributed by atoms with Gasteiger partial charge in [-0.1, -0.05) is 207 Å². The van der Waals surface area contributed by atoms with E-state index in [0.29, 0.717) is 19.3 Å². The number of aliphatic hydroxyl groups is 1. The van der Waals surface area contributed by atoms with E-state index >= 15 is 0 Å². The van der Waals surface area contributed by atoms with Gasteiger partial charge in [0.05, 0.1) is 17.9 Å². The second kappa shape index (κ2) is 43.6. The molecule has 0 bridgehead atoms. The highest BCUT2D eigenvalue weighted by Gasteiger charge is 2.24. The summed E-state index contributed by atoms with van der Waals surface area (Å²) < 4.78 is 32.6. The summed E-state index contributed by atoms with van der Waals surface area (Å²) in [6, 6.07) is -1.11. The van der Waals surface area contributed by atoms with Gasteiger partial charge in [0.25, 0.3) is 10.1 Å². The Morgan fingerprint density at radius 2 is 0.845 bits per heavy atom. The van der Waals surface area contributed by atoms with Crippen LogP contribution in [0.5, 0.6) is 0 Å². The summed E-state index contributed by atoms with van der Waals surface area (Å²) in [5.41, 5.74) is 0. The van der Waals surface area contributed by atoms with Crippen LogP contribution >= 0.6 is 0 Å². The molecule has 58 heavy (non-hydrogen) atoms. The molecule has 0 spiro atoms. The first-order valence-corrected chi connectivity index (χ1v) is 24.7. The van der Waals surface area contributed by atoms with Crippen molar-refractivity contribution in [2.75, 3.05) is 5.75 Å². The molecule has 1 amide bonds. The number of amides is 1. The number of aliphatic hydroxyl groups excluding tert-OH is 1. The van der Waals surface area contributed by atoms with Gasteiger partial charge < -0.3 is 10.4 Å². The predicted octanol–water partition coefficient (Wildman–Crippen LogP) is 14.3. The number of allylic oxidation sites excluding steroid dienone is 17. The van der Waals surface area contributed by atoms with E-state index in [4.69, 9.17) is 0 Å². The van der Waals surface area contributed by atoms with Crippen LogP contribution < -0.4 is 5.32 Å². The highest BCUT2D eigenvalue weighted by Crippen LogP contribution is 2.14. The van der Waals surface area contributed by atoms with Crippen molar-refractivity contribution in [1.29, 1.82) is 0 Å². The second-order valence-corrected chi connectivity index (χ2v) is 16.8. The first kappa shape index (κ1) is 55.0. The molecule has 2 unspecified atom stereocenters. The Kier molecular flexibility index (Phi) is 41.3. The van der Waals surface area contributed by atoms with E-state index in [1.807, 2.05) is 6.08 Å². The number of hydrogen-bond acceptors (Lipinski definition) is 4. The van der Waals surface area contributed by atoms with Gasteiger partial charge >= 0.3 is 0 Å². The number of rotatable bonds is 40. The molecule has 2 atom stereocenters. The van der Waals surface area contributed by atoms with Gasteiger partial charge in [0.15, 0.2) is 0 Å². The summed E-state index contributed by atoms with van der Waals surface area (Å²) in [5.74, 6) is -1.09. The lowest BCUT2D eigenvalue weighted by molar-refractivity contribution is -0.122. The maximum absolute atomic E-state index is 12.5. The number of hydrogen-bond donors (Lipinski definition) is 3. The maximum Gasteiger partial charge on any atom is 0.267 e. The fourth-order valence-corrected chi connectivity index (χ4v) is 7.01. The first-order valence-electron chi connectivity index (χ1n) is 23.1. The molecule has 0 aromatic carbocycles. The average molecular weight is 824 g/mol. The van der Waals surface area contributed by atoms with Crippen LogP contribution in [0, 0.1) is 0 Å². The second-order valence-electron chi connectivity index (χ2n) is 15.3. The molecule has 0 fully saturated rings. The molecule has 0 rings (SSSR count). The zero-order chi connectivity index (χ0) is 42.5. The molecular weight excluding hydrogens is 739 g/mol. The van der Waals surface area contributed by atoms with Crippen molar-refractivity contribution < 1.29 is 22.9 Å². The summed E-state index contributed by atoms with van der Waals surface area (Å²) in [5, 5.41) is 13.2. The van der Waals surface area contributed by atoms with Crippen LogP contribution in [-0.2, 0) is 14.9 Å². The van der Waals surface area contributed by atoms with Gasteiger partial charge in [-0.2, -0.15) is 8.42 Å². The fraction of sp³-hybridized carbons (Fsp3) is 0.627. The Hall–Kier alpha value is -3.00. The molecule has 0 saturated heterocycles. The number of carbonyl (C=O) groups is 1. The number of unbranched alkanes of at least 4 members (excludes halogenated alkanes) is 16. The van der Waals surface area contributed by atoms with Gasteiger partial charge in [0.1, 0.15) is 0 Å². The lowest BCUT2D eigenvalue weighted by Crippen LogP contribution is -2.46. The van der Waals surface area contributed by atoms with Gasteiger partial charge in [-0.25, -0.2) is 0 Å². The van der Waals surface area contributed by atoms with E-state index in [2.05, 4.69) is 110 Å². The molecule has 0 radical (unpaired) electrons. The minimum absolute atomic E-state index is 0.201. The summed E-state index contributed by atoms with van der Waals surface area (Å²) in [7, 11) is -4.39. The van der Waals surface area contributed by atoms with Crippen LogP contribution in [0.2, 0.25) is 0 Å². The van der Waals surface area contributed by atoms with E-state index in [1.54, 1.807) is 6.08 Å². The minimum Gasteiger partial charge on any atom is -0.387 e. The standard InChI is InChI=1S/C51H85NO5S/c1-3-5-7-9-11-13-15-17-19-21-23-25-26-27-29-31-33-35-37-39-41-43-45-47-51(54)52-49(48-58(55,56)57)50(53)46-44-42-40-38-36-34-32-30-28-24-22-20-18-16-14-12-10-8-6-4-2/h5,7,11,13,17,19,23,25,27,29,33,35-36,38-39,41,44,46,49-50,53H,3-4,6,8-10,12,14-16,18,20-22,24,26,28,30-32,34,37,40,42-43,45,47-48H2,1-2H3,(H,52,54)(H,55,56,57)/b7-5-,13-11-,19-17-,25-23-,29-27-,35-33-,38-36+,41-39-,46-44+. The van der Waals surface area contributed by atoms with Gasteiger partial charge in [-0.3, -0.25) is 9.35 Å². The van der Waals surface area contributed by atoms with Crippen LogP contribution in [0.4, 0.5) is 0 Å². The fourth-order valence-electron chi connectivity index (χ4n) is 6.28. The number of carbonyl (C=O) groups excluding carboxylic acids is 1. The quantitative estimate of drug-likeness (QED) is 0.0324. The minimum atomic E-state index is -4.39. The third-order valence-corrected chi connectivity index (χ3v) is 10.5. The van der Waals surface area contributed by atoms with Gasteiger partial charge in [-0.15, -0.1) is 0 Å². The van der Waals surface area contributed by atoms with Crippen LogP contribution in [-0.4, -0.2) is 41.9 Å². The van der Waals surface area contributed by atoms with Crippen LogP contribution in [0.25, 0.3) is 0 Å². The zero-order valence-electron chi connectivity index (χ0n) is 36.9. The summed E-state index contributed by atoms with van der Waals surface area (Å²) >= 11 is 0. The van der Waals surface area contributed by atoms with Crippen molar-refractivity contribution in [2.24, 2.45) is 0 Å². The SMILES string of the molecule is CC/C=C\C/C=C\C/C=C\C/C=C\C/C=C\C/C=C\C/C=C\CCCC(=O)NC(CS(=O)(=O)O)C(O)/C=C/CC/C=C/CCCCCCCCCCCCCCCC. The lowest BCUT2D eigenvalue weighted by Gasteiger charge is -2.21. The molecule has 6 nitrogen and oxygen atoms in total. The Balaban J connectivity index is 4.06. The molecule has 0 saturated carbocycles. The Bertz CT molecular complexity index is 1320. The van der Waals surface area contributed by atoms with E-state index in [9.17, 15) is 22.9 Å². The van der Waals surface area contributed by atoms with E-state index < -0.39 is 28.0 Å². The largest absolute Gasteiger partial charge is 0.387 e. The topological polar surface area (TPSA) is 104 Å². The van der Waals surface area contributed by atoms with Crippen LogP contribution in [0.15, 0.2) is 109 Å². The Labute approximate surface area is 357 Å². The third-order valence-electron chi connectivity index (χ3n) is 9.68. The molecule has 0 aromatic heterocycles. The van der Waals surface area contributed by atoms with Crippen molar-refractivity contribution in [3.8, 4) is 0 Å². The van der Waals surface area contributed by atoms with E-state index in [-0.39, 0.29) is 12.3 Å². The smallest absolute Gasteiger partial charge is 0.267 e. The third kappa shape index (κ3) is 44.1. The monoisotopic (exact) mass is 824 g/mol. The molecule has 0 aromatic rings. The number of nitrogens with one attached hydrogen (secondary N) is 1. The average Bonchev–Trinajstić information content (AvgIpc) is 3.19.